The second kappa shape index (κ2) is 5.14. The van der Waals surface area contributed by atoms with E-state index in [9.17, 15) is 14.4 Å². The second-order valence-electron chi connectivity index (χ2n) is 5.66. The maximum absolute atomic E-state index is 12.6. The second-order valence-corrected chi connectivity index (χ2v) is 6.76. The number of hydrogen-bond donors (Lipinski definition) is 2. The van der Waals surface area contributed by atoms with E-state index >= 15 is 0 Å². The van der Waals surface area contributed by atoms with E-state index in [1.54, 1.807) is 0 Å². The van der Waals surface area contributed by atoms with Crippen LogP contribution in [0.2, 0.25) is 0 Å². The van der Waals surface area contributed by atoms with Crippen molar-refractivity contribution in [3.05, 3.63) is 31.3 Å². The molecule has 7 heteroatoms. The van der Waals surface area contributed by atoms with Crippen LogP contribution in [-0.2, 0) is 24.2 Å². The molecule has 1 aliphatic rings. The fraction of sp³-hybridized carbons (Fsp3) is 0.500. The summed E-state index contributed by atoms with van der Waals surface area (Å²) in [5, 5.41) is 0.617. The zero-order chi connectivity index (χ0) is 15.1. The molecule has 0 fully saturated rings. The van der Waals surface area contributed by atoms with Crippen LogP contribution in [0.3, 0.4) is 0 Å². The molecule has 1 unspecified atom stereocenters. The van der Waals surface area contributed by atoms with Gasteiger partial charge in [-0.25, -0.2) is 4.79 Å². The van der Waals surface area contributed by atoms with Crippen molar-refractivity contribution in [3.8, 4) is 0 Å². The zero-order valence-corrected chi connectivity index (χ0v) is 12.6. The minimum absolute atomic E-state index is 0.0160. The van der Waals surface area contributed by atoms with E-state index in [-0.39, 0.29) is 18.5 Å². The summed E-state index contributed by atoms with van der Waals surface area (Å²) in [6.07, 6.45) is 2.86. The van der Waals surface area contributed by atoms with Gasteiger partial charge in [0.25, 0.3) is 5.56 Å². The highest BCUT2D eigenvalue weighted by atomic mass is 32.1. The van der Waals surface area contributed by atoms with Gasteiger partial charge in [-0.2, -0.15) is 0 Å². The number of fused-ring (bicyclic) bond motifs is 3. The highest BCUT2D eigenvalue weighted by molar-refractivity contribution is 7.18. The average molecular weight is 307 g/mol. The van der Waals surface area contributed by atoms with Crippen LogP contribution in [0.25, 0.3) is 10.2 Å². The summed E-state index contributed by atoms with van der Waals surface area (Å²) in [6, 6.07) is 0. The number of nitrogens with two attached hydrogens (primary N) is 1. The largest absolute Gasteiger partial charge is 0.370 e. The third-order valence-corrected chi connectivity index (χ3v) is 5.19. The monoisotopic (exact) mass is 307 g/mol. The number of amides is 1. The SMILES string of the molecule is CC1CCc2c(sc3[nH]c(=O)n(CCC(N)=O)c(=O)c23)C1. The van der Waals surface area contributed by atoms with Crippen LogP contribution in [0, 0.1) is 5.92 Å². The topological polar surface area (TPSA) is 97.9 Å². The van der Waals surface area contributed by atoms with Crippen LogP contribution in [-0.4, -0.2) is 15.5 Å². The van der Waals surface area contributed by atoms with E-state index < -0.39 is 11.6 Å². The molecular formula is C14H17N3O3S. The minimum atomic E-state index is -0.525. The average Bonchev–Trinajstić information content (AvgIpc) is 2.74. The summed E-state index contributed by atoms with van der Waals surface area (Å²) in [5.41, 5.74) is 5.39. The van der Waals surface area contributed by atoms with Gasteiger partial charge in [0.05, 0.1) is 5.39 Å². The Labute approximate surface area is 124 Å². The summed E-state index contributed by atoms with van der Waals surface area (Å²) in [7, 11) is 0. The number of rotatable bonds is 3. The van der Waals surface area contributed by atoms with Gasteiger partial charge < -0.3 is 5.73 Å². The number of carbonyl (C=O) groups is 1. The summed E-state index contributed by atoms with van der Waals surface area (Å²) < 4.78 is 1.08. The lowest BCUT2D eigenvalue weighted by Crippen LogP contribution is -2.36. The van der Waals surface area contributed by atoms with Gasteiger partial charge in [-0.05, 0) is 30.7 Å². The van der Waals surface area contributed by atoms with Gasteiger partial charge in [0.1, 0.15) is 4.83 Å². The number of aromatic nitrogens is 2. The number of thiophene rings is 1. The molecule has 0 bridgehead atoms. The van der Waals surface area contributed by atoms with Crippen molar-refractivity contribution < 1.29 is 4.79 Å². The highest BCUT2D eigenvalue weighted by Gasteiger charge is 2.23. The van der Waals surface area contributed by atoms with Crippen molar-refractivity contribution in [1.29, 1.82) is 0 Å². The first-order valence-corrected chi connectivity index (χ1v) is 7.84. The molecule has 6 nitrogen and oxygen atoms in total. The van der Waals surface area contributed by atoms with E-state index in [1.165, 1.54) is 16.2 Å². The fourth-order valence-electron chi connectivity index (χ4n) is 2.88. The Morgan fingerprint density at radius 3 is 2.95 bits per heavy atom. The predicted octanol–water partition coefficient (Wildman–Crippen LogP) is 0.751. The van der Waals surface area contributed by atoms with Gasteiger partial charge >= 0.3 is 5.69 Å². The highest BCUT2D eigenvalue weighted by Crippen LogP contribution is 2.35. The van der Waals surface area contributed by atoms with E-state index in [0.717, 1.165) is 29.4 Å². The van der Waals surface area contributed by atoms with Gasteiger partial charge in [-0.15, -0.1) is 11.3 Å². The van der Waals surface area contributed by atoms with Gasteiger partial charge in [-0.3, -0.25) is 19.1 Å². The van der Waals surface area contributed by atoms with E-state index in [0.29, 0.717) is 16.1 Å². The first-order chi connectivity index (χ1) is 9.97. The maximum Gasteiger partial charge on any atom is 0.329 e. The van der Waals surface area contributed by atoms with Crippen molar-refractivity contribution in [2.75, 3.05) is 0 Å². The molecule has 2 aromatic rings. The van der Waals surface area contributed by atoms with E-state index in [4.69, 9.17) is 5.73 Å². The Balaban J connectivity index is 2.17. The molecule has 1 aliphatic carbocycles. The Hall–Kier alpha value is -1.89. The van der Waals surface area contributed by atoms with Gasteiger partial charge in [0.2, 0.25) is 5.91 Å². The molecule has 1 atom stereocenters. The molecule has 112 valence electrons. The molecule has 0 spiro atoms. The van der Waals surface area contributed by atoms with Crippen molar-refractivity contribution in [2.45, 2.75) is 39.2 Å². The molecule has 0 aromatic carbocycles. The first kappa shape index (κ1) is 14.1. The van der Waals surface area contributed by atoms with Crippen LogP contribution >= 0.6 is 11.3 Å². The Kier molecular flexibility index (Phi) is 3.44. The quantitative estimate of drug-likeness (QED) is 0.875. The van der Waals surface area contributed by atoms with Crippen molar-refractivity contribution in [2.24, 2.45) is 11.7 Å². The molecular weight excluding hydrogens is 290 g/mol. The smallest absolute Gasteiger partial charge is 0.329 e. The van der Waals surface area contributed by atoms with Crippen molar-refractivity contribution in [1.82, 2.24) is 9.55 Å². The number of primary amides is 1. The maximum atomic E-state index is 12.6. The number of nitrogens with one attached hydrogen (secondary N) is 1. The normalized spacial score (nSPS) is 17.9. The molecule has 2 heterocycles. The number of aromatic amines is 1. The molecule has 3 N–H and O–H groups in total. The third kappa shape index (κ3) is 2.42. The van der Waals surface area contributed by atoms with Crippen molar-refractivity contribution >= 4 is 27.5 Å². The number of hydrogen-bond acceptors (Lipinski definition) is 4. The molecule has 2 aromatic heterocycles. The fourth-order valence-corrected chi connectivity index (χ4v) is 4.27. The number of nitrogens with zero attached hydrogens (tertiary/aromatic N) is 1. The molecule has 0 radical (unpaired) electrons. The van der Waals surface area contributed by atoms with Gasteiger partial charge in [-0.1, -0.05) is 6.92 Å². The Morgan fingerprint density at radius 1 is 1.48 bits per heavy atom. The zero-order valence-electron chi connectivity index (χ0n) is 11.8. The summed E-state index contributed by atoms with van der Waals surface area (Å²) in [5.74, 6) is 0.0805. The lowest BCUT2D eigenvalue weighted by atomic mass is 9.89. The van der Waals surface area contributed by atoms with Crippen LogP contribution in [0.15, 0.2) is 9.59 Å². The molecule has 1 amide bonds. The van der Waals surface area contributed by atoms with Crippen LogP contribution in [0.1, 0.15) is 30.2 Å². The summed E-state index contributed by atoms with van der Waals surface area (Å²) >= 11 is 1.50. The lowest BCUT2D eigenvalue weighted by molar-refractivity contribution is -0.118. The predicted molar refractivity (Wildman–Crippen MR) is 81.7 cm³/mol. The lowest BCUT2D eigenvalue weighted by Gasteiger charge is -2.17. The first-order valence-electron chi connectivity index (χ1n) is 7.03. The van der Waals surface area contributed by atoms with Gasteiger partial charge in [0.15, 0.2) is 0 Å². The van der Waals surface area contributed by atoms with Crippen LogP contribution < -0.4 is 17.0 Å². The number of aryl methyl sites for hydroxylation is 1. The summed E-state index contributed by atoms with van der Waals surface area (Å²) in [6.45, 7) is 2.22. The Morgan fingerprint density at radius 2 is 2.24 bits per heavy atom. The van der Waals surface area contributed by atoms with Crippen LogP contribution in [0.5, 0.6) is 0 Å². The molecule has 21 heavy (non-hydrogen) atoms. The molecule has 0 saturated carbocycles. The number of carbonyl (C=O) groups excluding carboxylic acids is 1. The van der Waals surface area contributed by atoms with E-state index in [1.807, 2.05) is 0 Å². The number of H-pyrrole nitrogens is 1. The minimum Gasteiger partial charge on any atom is -0.370 e. The third-order valence-electron chi connectivity index (χ3n) is 4.02. The van der Waals surface area contributed by atoms with Crippen molar-refractivity contribution in [3.63, 3.8) is 0 Å². The summed E-state index contributed by atoms with van der Waals surface area (Å²) in [4.78, 5) is 40.1. The molecule has 0 aliphatic heterocycles. The molecule has 3 rings (SSSR count). The van der Waals surface area contributed by atoms with Gasteiger partial charge in [0, 0.05) is 17.8 Å². The molecule has 0 saturated heterocycles. The standard InChI is InChI=1S/C14H17N3O3S/c1-7-2-3-8-9(6-7)21-12-11(8)13(19)17(14(20)16-12)5-4-10(15)18/h7H,2-6H2,1H3,(H2,15,18)(H,16,20). The van der Waals surface area contributed by atoms with E-state index in [2.05, 4.69) is 11.9 Å². The Bertz CT molecular complexity index is 830. The van der Waals surface area contributed by atoms with Crippen LogP contribution in [0.4, 0.5) is 0 Å².